The van der Waals surface area contributed by atoms with Crippen LogP contribution < -0.4 is 5.32 Å². The lowest BCUT2D eigenvalue weighted by Crippen LogP contribution is -2.44. The van der Waals surface area contributed by atoms with E-state index in [4.69, 9.17) is 11.6 Å². The van der Waals surface area contributed by atoms with E-state index in [0.29, 0.717) is 10.9 Å². The van der Waals surface area contributed by atoms with Crippen LogP contribution in [0.3, 0.4) is 0 Å². The van der Waals surface area contributed by atoms with Gasteiger partial charge in [-0.25, -0.2) is 4.79 Å². The van der Waals surface area contributed by atoms with Crippen LogP contribution in [0.4, 0.5) is 10.5 Å². The van der Waals surface area contributed by atoms with Crippen molar-refractivity contribution in [1.29, 1.82) is 0 Å². The maximum atomic E-state index is 12.9. The first-order chi connectivity index (χ1) is 12.0. The van der Waals surface area contributed by atoms with Gasteiger partial charge in [-0.1, -0.05) is 31.5 Å². The number of rotatable bonds is 2. The number of urea groups is 1. The monoisotopic (exact) mass is 359 g/mol. The average Bonchev–Trinajstić information content (AvgIpc) is 3.07. The van der Waals surface area contributed by atoms with Crippen LogP contribution in [0, 0.1) is 0 Å². The summed E-state index contributed by atoms with van der Waals surface area (Å²) < 4.78 is 2.22. The Morgan fingerprint density at radius 1 is 1.28 bits per heavy atom. The molecule has 2 aliphatic heterocycles. The van der Waals surface area contributed by atoms with E-state index in [-0.39, 0.29) is 18.1 Å². The molecule has 3 heterocycles. The molecule has 2 bridgehead atoms. The molecule has 0 spiro atoms. The van der Waals surface area contributed by atoms with E-state index in [2.05, 4.69) is 33.9 Å². The van der Waals surface area contributed by atoms with Gasteiger partial charge in [0.05, 0.1) is 6.04 Å². The summed E-state index contributed by atoms with van der Waals surface area (Å²) >= 11 is 6.02. The van der Waals surface area contributed by atoms with Crippen molar-refractivity contribution in [3.63, 3.8) is 0 Å². The summed E-state index contributed by atoms with van der Waals surface area (Å²) in [7, 11) is 0. The van der Waals surface area contributed by atoms with E-state index < -0.39 is 0 Å². The summed E-state index contributed by atoms with van der Waals surface area (Å²) in [5.41, 5.74) is 0.725. The van der Waals surface area contributed by atoms with Gasteiger partial charge in [0, 0.05) is 35.6 Å². The third-order valence-corrected chi connectivity index (χ3v) is 5.35. The molecule has 1 N–H and O–H groups in total. The molecular formula is C18H22ClN5O. The third kappa shape index (κ3) is 2.99. The minimum atomic E-state index is -0.0559. The number of carbonyl (C=O) groups is 1. The SMILES string of the molecule is CC(C)c1nnc2n1CC1CCC(C2)N1C(=O)Nc1cccc(Cl)c1. The first kappa shape index (κ1) is 16.4. The van der Waals surface area contributed by atoms with Crippen LogP contribution in [0.25, 0.3) is 0 Å². The number of nitrogens with one attached hydrogen (secondary N) is 1. The van der Waals surface area contributed by atoms with Crippen molar-refractivity contribution in [3.8, 4) is 0 Å². The van der Waals surface area contributed by atoms with Crippen molar-refractivity contribution in [3.05, 3.63) is 40.9 Å². The Bertz CT molecular complexity index is 803. The molecule has 0 radical (unpaired) electrons. The van der Waals surface area contributed by atoms with Gasteiger partial charge in [0.1, 0.15) is 11.6 Å². The highest BCUT2D eigenvalue weighted by Crippen LogP contribution is 2.33. The molecule has 132 valence electrons. The lowest BCUT2D eigenvalue weighted by Gasteiger charge is -2.28. The topological polar surface area (TPSA) is 63.1 Å². The number of nitrogens with zero attached hydrogens (tertiary/aromatic N) is 4. The number of amides is 2. The van der Waals surface area contributed by atoms with Crippen molar-refractivity contribution in [2.45, 2.75) is 57.7 Å². The first-order valence-corrected chi connectivity index (χ1v) is 9.17. The molecular weight excluding hydrogens is 338 g/mol. The molecule has 2 unspecified atom stereocenters. The highest BCUT2D eigenvalue weighted by molar-refractivity contribution is 6.30. The van der Waals surface area contributed by atoms with Crippen LogP contribution in [0.1, 0.15) is 44.3 Å². The van der Waals surface area contributed by atoms with Crippen LogP contribution in [0.2, 0.25) is 5.02 Å². The Labute approximate surface area is 152 Å². The second kappa shape index (κ2) is 6.33. The Morgan fingerprint density at radius 3 is 2.84 bits per heavy atom. The molecule has 1 aromatic heterocycles. The normalized spacial score (nSPS) is 22.0. The first-order valence-electron chi connectivity index (χ1n) is 8.80. The summed E-state index contributed by atoms with van der Waals surface area (Å²) in [6, 6.07) is 7.56. The highest BCUT2D eigenvalue weighted by atomic mass is 35.5. The molecule has 2 amide bonds. The molecule has 1 aromatic carbocycles. The Morgan fingerprint density at radius 2 is 2.08 bits per heavy atom. The average molecular weight is 360 g/mol. The largest absolute Gasteiger partial charge is 0.322 e. The molecule has 4 rings (SSSR count). The molecule has 25 heavy (non-hydrogen) atoms. The number of halogens is 1. The minimum Gasteiger partial charge on any atom is -0.316 e. The number of aromatic nitrogens is 3. The smallest absolute Gasteiger partial charge is 0.316 e. The van der Waals surface area contributed by atoms with E-state index in [1.807, 2.05) is 17.0 Å². The van der Waals surface area contributed by atoms with E-state index in [1.54, 1.807) is 12.1 Å². The predicted octanol–water partition coefficient (Wildman–Crippen LogP) is 3.68. The van der Waals surface area contributed by atoms with Gasteiger partial charge in [-0.2, -0.15) is 0 Å². The molecule has 1 saturated heterocycles. The summed E-state index contributed by atoms with van der Waals surface area (Å²) in [5.74, 6) is 2.33. The molecule has 1 fully saturated rings. The van der Waals surface area contributed by atoms with Crippen LogP contribution in [0.15, 0.2) is 24.3 Å². The number of hydrogen-bond donors (Lipinski definition) is 1. The second-order valence-electron chi connectivity index (χ2n) is 7.18. The maximum absolute atomic E-state index is 12.9. The zero-order valence-corrected chi connectivity index (χ0v) is 15.2. The Kier molecular flexibility index (Phi) is 4.15. The van der Waals surface area contributed by atoms with Gasteiger partial charge < -0.3 is 14.8 Å². The number of carbonyl (C=O) groups excluding carboxylic acids is 1. The molecule has 2 aliphatic rings. The highest BCUT2D eigenvalue weighted by Gasteiger charge is 2.41. The Hall–Kier alpha value is -2.08. The number of fused-ring (bicyclic) bond motifs is 3. The molecule has 2 atom stereocenters. The molecule has 7 heteroatoms. The van der Waals surface area contributed by atoms with Crippen LogP contribution in [-0.4, -0.2) is 37.8 Å². The quantitative estimate of drug-likeness (QED) is 0.889. The third-order valence-electron chi connectivity index (χ3n) is 5.11. The molecule has 6 nitrogen and oxygen atoms in total. The van der Waals surface area contributed by atoms with Crippen molar-refractivity contribution >= 4 is 23.3 Å². The van der Waals surface area contributed by atoms with E-state index in [9.17, 15) is 4.79 Å². The maximum Gasteiger partial charge on any atom is 0.322 e. The van der Waals surface area contributed by atoms with Crippen molar-refractivity contribution < 1.29 is 4.79 Å². The van der Waals surface area contributed by atoms with Crippen molar-refractivity contribution in [2.24, 2.45) is 0 Å². The number of anilines is 1. The lowest BCUT2D eigenvalue weighted by molar-refractivity contribution is 0.184. The van der Waals surface area contributed by atoms with Crippen molar-refractivity contribution in [1.82, 2.24) is 19.7 Å². The van der Waals surface area contributed by atoms with E-state index in [0.717, 1.165) is 43.1 Å². The van der Waals surface area contributed by atoms with E-state index in [1.165, 1.54) is 0 Å². The standard InChI is InChI=1S/C18H22ClN5O/c1-11(2)17-22-21-16-9-14-6-7-15(10-23(16)17)24(14)18(25)20-13-5-3-4-12(19)8-13/h3-5,8,11,14-15H,6-7,9-10H2,1-2H3,(H,20,25). The van der Waals surface area contributed by atoms with Crippen LogP contribution >= 0.6 is 11.6 Å². The summed E-state index contributed by atoms with van der Waals surface area (Å²) in [5, 5.41) is 12.4. The molecule has 2 aromatic rings. The van der Waals surface area contributed by atoms with Gasteiger partial charge in [0.2, 0.25) is 0 Å². The minimum absolute atomic E-state index is 0.0559. The summed E-state index contributed by atoms with van der Waals surface area (Å²) in [4.78, 5) is 14.9. The zero-order chi connectivity index (χ0) is 17.6. The van der Waals surface area contributed by atoms with Gasteiger partial charge in [0.25, 0.3) is 0 Å². The van der Waals surface area contributed by atoms with Crippen LogP contribution in [0.5, 0.6) is 0 Å². The van der Waals surface area contributed by atoms with Gasteiger partial charge in [0.15, 0.2) is 0 Å². The van der Waals surface area contributed by atoms with E-state index >= 15 is 0 Å². The fraction of sp³-hybridized carbons (Fsp3) is 0.500. The summed E-state index contributed by atoms with van der Waals surface area (Å²) in [6.07, 6.45) is 2.79. The van der Waals surface area contributed by atoms with Gasteiger partial charge in [-0.05, 0) is 31.0 Å². The second-order valence-corrected chi connectivity index (χ2v) is 7.61. The fourth-order valence-electron chi connectivity index (χ4n) is 3.97. The molecule has 0 aliphatic carbocycles. The van der Waals surface area contributed by atoms with Gasteiger partial charge >= 0.3 is 6.03 Å². The van der Waals surface area contributed by atoms with Gasteiger partial charge in [-0.15, -0.1) is 10.2 Å². The predicted molar refractivity (Wildman–Crippen MR) is 96.9 cm³/mol. The zero-order valence-electron chi connectivity index (χ0n) is 14.4. The Balaban J connectivity index is 1.57. The molecule has 0 saturated carbocycles. The number of benzene rings is 1. The lowest BCUT2D eigenvalue weighted by atomic mass is 10.1. The van der Waals surface area contributed by atoms with Crippen LogP contribution in [-0.2, 0) is 13.0 Å². The van der Waals surface area contributed by atoms with Gasteiger partial charge in [-0.3, -0.25) is 0 Å². The fourth-order valence-corrected chi connectivity index (χ4v) is 4.16. The summed E-state index contributed by atoms with van der Waals surface area (Å²) in [6.45, 7) is 5.03. The van der Waals surface area contributed by atoms with Crippen molar-refractivity contribution in [2.75, 3.05) is 5.32 Å². The number of hydrogen-bond acceptors (Lipinski definition) is 3.